The van der Waals surface area contributed by atoms with E-state index in [9.17, 15) is 0 Å². The Balaban J connectivity index is 1.93. The van der Waals surface area contributed by atoms with Gasteiger partial charge in [0.05, 0.1) is 19.3 Å². The summed E-state index contributed by atoms with van der Waals surface area (Å²) in [6, 6.07) is 8.31. The third kappa shape index (κ3) is 3.30. The van der Waals surface area contributed by atoms with Crippen molar-refractivity contribution in [2.24, 2.45) is 0 Å². The van der Waals surface area contributed by atoms with Crippen molar-refractivity contribution in [3.63, 3.8) is 0 Å². The van der Waals surface area contributed by atoms with Crippen LogP contribution >= 0.6 is 0 Å². The summed E-state index contributed by atoms with van der Waals surface area (Å²) in [4.78, 5) is 0. The molecule has 3 heteroatoms. The first-order chi connectivity index (χ1) is 7.40. The van der Waals surface area contributed by atoms with E-state index in [2.05, 4.69) is 18.2 Å². The fraction of sp³-hybridized carbons (Fsp3) is 0.500. The maximum Gasteiger partial charge on any atom is 0.146 e. The zero-order valence-electron chi connectivity index (χ0n) is 8.94. The average molecular weight is 208 g/mol. The van der Waals surface area contributed by atoms with E-state index in [4.69, 9.17) is 14.2 Å². The molecule has 0 N–H and O–H groups in total. The van der Waals surface area contributed by atoms with Crippen LogP contribution in [0.4, 0.5) is 0 Å². The van der Waals surface area contributed by atoms with Crippen LogP contribution in [-0.4, -0.2) is 26.6 Å². The number of benzene rings is 1. The van der Waals surface area contributed by atoms with Gasteiger partial charge in [-0.15, -0.1) is 0 Å². The third-order valence-electron chi connectivity index (χ3n) is 2.43. The Kier molecular flexibility index (Phi) is 3.72. The van der Waals surface area contributed by atoms with E-state index >= 15 is 0 Å². The fourth-order valence-corrected chi connectivity index (χ4v) is 1.56. The van der Waals surface area contributed by atoms with Crippen LogP contribution in [0.15, 0.2) is 24.3 Å². The number of methoxy groups -OCH3 is 1. The highest BCUT2D eigenvalue weighted by molar-refractivity contribution is 5.27. The zero-order chi connectivity index (χ0) is 10.5. The quantitative estimate of drug-likeness (QED) is 0.405. The molecule has 1 aromatic carbocycles. The Morgan fingerprint density at radius 1 is 1.33 bits per heavy atom. The van der Waals surface area contributed by atoms with Crippen molar-refractivity contribution < 1.29 is 14.2 Å². The molecule has 1 aliphatic rings. The lowest BCUT2D eigenvalue weighted by molar-refractivity contribution is -0.0392. The van der Waals surface area contributed by atoms with Gasteiger partial charge >= 0.3 is 0 Å². The summed E-state index contributed by atoms with van der Waals surface area (Å²) in [5, 5.41) is 0. The lowest BCUT2D eigenvalue weighted by Crippen LogP contribution is -2.02. The van der Waals surface area contributed by atoms with Crippen LogP contribution in [0.3, 0.4) is 0 Å². The van der Waals surface area contributed by atoms with E-state index in [0.717, 1.165) is 13.0 Å². The Bertz CT molecular complexity index is 307. The van der Waals surface area contributed by atoms with Crippen LogP contribution < -0.4 is 0 Å². The van der Waals surface area contributed by atoms with Gasteiger partial charge < -0.3 is 14.2 Å². The van der Waals surface area contributed by atoms with Crippen molar-refractivity contribution in [1.29, 1.82) is 0 Å². The van der Waals surface area contributed by atoms with E-state index in [1.54, 1.807) is 7.11 Å². The smallest absolute Gasteiger partial charge is 0.146 e. The minimum atomic E-state index is 0.342. The molecule has 1 fully saturated rings. The third-order valence-corrected chi connectivity index (χ3v) is 2.43. The molecule has 1 aliphatic heterocycles. The molecule has 0 aliphatic carbocycles. The Labute approximate surface area is 90.0 Å². The number of rotatable bonds is 6. The maximum atomic E-state index is 5.35. The van der Waals surface area contributed by atoms with Crippen LogP contribution in [0.2, 0.25) is 0 Å². The topological polar surface area (TPSA) is 31.0 Å². The summed E-state index contributed by atoms with van der Waals surface area (Å²) in [7, 11) is 1.63. The minimum Gasteiger partial charge on any atom is -0.373 e. The number of hydrogen-bond acceptors (Lipinski definition) is 3. The molecule has 1 unspecified atom stereocenters. The normalized spacial score (nSPS) is 19.1. The highest BCUT2D eigenvalue weighted by atomic mass is 16.7. The molecule has 3 nitrogen and oxygen atoms in total. The van der Waals surface area contributed by atoms with Gasteiger partial charge in [0, 0.05) is 13.5 Å². The summed E-state index contributed by atoms with van der Waals surface area (Å²) in [6.07, 6.45) is 1.42. The molecule has 0 aromatic heterocycles. The molecule has 0 spiro atoms. The molecule has 0 saturated carbocycles. The van der Waals surface area contributed by atoms with Gasteiger partial charge in [-0.3, -0.25) is 0 Å². The van der Waals surface area contributed by atoms with Gasteiger partial charge in [0.25, 0.3) is 0 Å². The van der Waals surface area contributed by atoms with Gasteiger partial charge in [0.1, 0.15) is 6.79 Å². The van der Waals surface area contributed by atoms with Gasteiger partial charge in [-0.25, -0.2) is 0 Å². The van der Waals surface area contributed by atoms with E-state index < -0.39 is 0 Å². The van der Waals surface area contributed by atoms with Crippen molar-refractivity contribution in [3.8, 4) is 0 Å². The summed E-state index contributed by atoms with van der Waals surface area (Å²) >= 11 is 0. The second kappa shape index (κ2) is 5.26. The molecule has 0 amide bonds. The molecule has 15 heavy (non-hydrogen) atoms. The molecular formula is C12H16O3. The van der Waals surface area contributed by atoms with Crippen molar-refractivity contribution in [3.05, 3.63) is 35.4 Å². The molecule has 0 radical (unpaired) electrons. The highest BCUT2D eigenvalue weighted by Crippen LogP contribution is 2.19. The number of epoxide rings is 1. The van der Waals surface area contributed by atoms with Crippen LogP contribution in [0.1, 0.15) is 11.1 Å². The minimum absolute atomic E-state index is 0.342. The summed E-state index contributed by atoms with van der Waals surface area (Å²) in [5.74, 6) is 0. The molecule has 1 atom stereocenters. The van der Waals surface area contributed by atoms with Crippen molar-refractivity contribution >= 4 is 0 Å². The number of hydrogen-bond donors (Lipinski definition) is 0. The molecule has 1 saturated heterocycles. The first-order valence-corrected chi connectivity index (χ1v) is 5.15. The molecule has 1 aromatic rings. The summed E-state index contributed by atoms with van der Waals surface area (Å²) in [6.45, 7) is 1.85. The largest absolute Gasteiger partial charge is 0.373 e. The second-order valence-corrected chi connectivity index (χ2v) is 3.68. The predicted molar refractivity (Wildman–Crippen MR) is 56.6 cm³/mol. The van der Waals surface area contributed by atoms with Crippen molar-refractivity contribution in [2.75, 3.05) is 20.5 Å². The van der Waals surface area contributed by atoms with E-state index in [1.807, 2.05) is 6.07 Å². The van der Waals surface area contributed by atoms with Gasteiger partial charge in [-0.05, 0) is 11.1 Å². The Hall–Kier alpha value is -0.900. The van der Waals surface area contributed by atoms with Gasteiger partial charge in [0.2, 0.25) is 0 Å². The first-order valence-electron chi connectivity index (χ1n) is 5.15. The SMILES string of the molecule is COCOCc1ccccc1CC1CO1. The van der Waals surface area contributed by atoms with Crippen LogP contribution in [0.25, 0.3) is 0 Å². The van der Waals surface area contributed by atoms with Gasteiger partial charge in [-0.1, -0.05) is 24.3 Å². The van der Waals surface area contributed by atoms with E-state index in [-0.39, 0.29) is 0 Å². The Morgan fingerprint density at radius 2 is 2.07 bits per heavy atom. The maximum absolute atomic E-state index is 5.35. The van der Waals surface area contributed by atoms with Crippen molar-refractivity contribution in [2.45, 2.75) is 19.1 Å². The monoisotopic (exact) mass is 208 g/mol. The summed E-state index contributed by atoms with van der Waals surface area (Å²) in [5.41, 5.74) is 2.54. The molecule has 1 heterocycles. The van der Waals surface area contributed by atoms with E-state index in [0.29, 0.717) is 19.5 Å². The second-order valence-electron chi connectivity index (χ2n) is 3.68. The van der Waals surface area contributed by atoms with E-state index in [1.165, 1.54) is 11.1 Å². The lowest BCUT2D eigenvalue weighted by Gasteiger charge is -2.08. The van der Waals surface area contributed by atoms with Crippen LogP contribution in [0.5, 0.6) is 0 Å². The van der Waals surface area contributed by atoms with Crippen LogP contribution in [-0.2, 0) is 27.2 Å². The zero-order valence-corrected chi connectivity index (χ0v) is 8.94. The molecule has 0 bridgehead atoms. The first kappa shape index (κ1) is 10.6. The summed E-state index contributed by atoms with van der Waals surface area (Å²) < 4.78 is 15.4. The standard InChI is InChI=1S/C12H16O3/c1-13-9-14-7-11-5-3-2-4-10(11)6-12-8-15-12/h2-5,12H,6-9H2,1H3. The van der Waals surface area contributed by atoms with Crippen LogP contribution in [0, 0.1) is 0 Å². The molecule has 2 rings (SSSR count). The Morgan fingerprint density at radius 3 is 2.73 bits per heavy atom. The van der Waals surface area contributed by atoms with Gasteiger partial charge in [0.15, 0.2) is 0 Å². The fourth-order valence-electron chi connectivity index (χ4n) is 1.56. The molecular weight excluding hydrogens is 192 g/mol. The van der Waals surface area contributed by atoms with Crippen molar-refractivity contribution in [1.82, 2.24) is 0 Å². The molecule has 82 valence electrons. The number of ether oxygens (including phenoxy) is 3. The lowest BCUT2D eigenvalue weighted by atomic mass is 10.0. The van der Waals surface area contributed by atoms with Gasteiger partial charge in [-0.2, -0.15) is 0 Å². The predicted octanol–water partition coefficient (Wildman–Crippen LogP) is 1.75. The highest BCUT2D eigenvalue weighted by Gasteiger charge is 2.23. The average Bonchev–Trinajstić information content (AvgIpc) is 3.05.